The first-order chi connectivity index (χ1) is 11.5. The lowest BCUT2D eigenvalue weighted by Crippen LogP contribution is -2.47. The van der Waals surface area contributed by atoms with Crippen molar-refractivity contribution in [3.05, 3.63) is 33.9 Å². The van der Waals surface area contributed by atoms with Crippen LogP contribution in [0.1, 0.15) is 16.8 Å². The summed E-state index contributed by atoms with van der Waals surface area (Å²) in [5.41, 5.74) is -4.16. The second-order valence-electron chi connectivity index (χ2n) is 5.50. The van der Waals surface area contributed by atoms with Crippen molar-refractivity contribution in [2.24, 2.45) is 5.41 Å². The number of likely N-dealkylation sites (tertiary alicyclic amines) is 1. The van der Waals surface area contributed by atoms with Crippen LogP contribution in [0.4, 0.5) is 18.9 Å². The number of alkyl halides is 3. The third-order valence-corrected chi connectivity index (χ3v) is 4.14. The average molecular weight is 362 g/mol. The van der Waals surface area contributed by atoms with Crippen molar-refractivity contribution < 1.29 is 37.5 Å². The van der Waals surface area contributed by atoms with E-state index in [1.165, 1.54) is 13.2 Å². The van der Waals surface area contributed by atoms with E-state index in [1.54, 1.807) is 0 Å². The predicted octanol–water partition coefficient (Wildman–Crippen LogP) is 2.08. The van der Waals surface area contributed by atoms with Gasteiger partial charge in [-0.2, -0.15) is 13.2 Å². The number of nitrogens with zero attached hydrogens (tertiary/aromatic N) is 2. The van der Waals surface area contributed by atoms with E-state index in [0.29, 0.717) is 4.90 Å². The Morgan fingerprint density at radius 3 is 2.48 bits per heavy atom. The molecule has 0 radical (unpaired) electrons. The summed E-state index contributed by atoms with van der Waals surface area (Å²) >= 11 is 0. The lowest BCUT2D eigenvalue weighted by atomic mass is 9.86. The molecule has 1 amide bonds. The van der Waals surface area contributed by atoms with Crippen LogP contribution in [-0.2, 0) is 4.79 Å². The molecule has 25 heavy (non-hydrogen) atoms. The maximum atomic E-state index is 13.2. The van der Waals surface area contributed by atoms with Gasteiger partial charge in [-0.25, -0.2) is 0 Å². The van der Waals surface area contributed by atoms with E-state index in [0.717, 1.165) is 12.1 Å². The normalized spacial score (nSPS) is 20.4. The Morgan fingerprint density at radius 2 is 2.04 bits per heavy atom. The number of halogens is 3. The number of methoxy groups -OCH3 is 1. The van der Waals surface area contributed by atoms with Gasteiger partial charge in [-0.1, -0.05) is 0 Å². The number of aliphatic carboxylic acids is 1. The minimum Gasteiger partial charge on any atom is -0.497 e. The van der Waals surface area contributed by atoms with Crippen LogP contribution in [0.5, 0.6) is 5.75 Å². The highest BCUT2D eigenvalue weighted by molar-refractivity contribution is 5.99. The molecule has 0 aliphatic carbocycles. The smallest absolute Gasteiger partial charge is 0.406 e. The first-order valence-electron chi connectivity index (χ1n) is 6.95. The molecule has 1 N–H and O–H groups in total. The van der Waals surface area contributed by atoms with Gasteiger partial charge in [0, 0.05) is 19.2 Å². The van der Waals surface area contributed by atoms with Gasteiger partial charge in [0.1, 0.15) is 11.3 Å². The van der Waals surface area contributed by atoms with Crippen LogP contribution in [0.15, 0.2) is 18.2 Å². The third kappa shape index (κ3) is 3.08. The molecule has 1 atom stereocenters. The molecule has 1 heterocycles. The van der Waals surface area contributed by atoms with Gasteiger partial charge in [-0.05, 0) is 18.6 Å². The van der Waals surface area contributed by atoms with Gasteiger partial charge in [-0.15, -0.1) is 0 Å². The summed E-state index contributed by atoms with van der Waals surface area (Å²) < 4.78 is 44.4. The summed E-state index contributed by atoms with van der Waals surface area (Å²) in [6, 6.07) is 3.27. The zero-order valence-electron chi connectivity index (χ0n) is 12.9. The van der Waals surface area contributed by atoms with Gasteiger partial charge < -0.3 is 14.7 Å². The number of carbonyl (C=O) groups excluding carboxylic acids is 1. The third-order valence-electron chi connectivity index (χ3n) is 4.14. The van der Waals surface area contributed by atoms with Crippen molar-refractivity contribution in [1.82, 2.24) is 4.90 Å². The fourth-order valence-corrected chi connectivity index (χ4v) is 2.65. The van der Waals surface area contributed by atoms with Crippen LogP contribution in [-0.4, -0.2) is 53.2 Å². The highest BCUT2D eigenvalue weighted by Gasteiger charge is 2.64. The van der Waals surface area contributed by atoms with Crippen LogP contribution in [0.2, 0.25) is 0 Å². The lowest BCUT2D eigenvalue weighted by molar-refractivity contribution is -0.385. The van der Waals surface area contributed by atoms with E-state index < -0.39 is 59.2 Å². The number of rotatable bonds is 4. The molecule has 1 aliphatic heterocycles. The zero-order valence-corrected chi connectivity index (χ0v) is 12.9. The number of amides is 1. The number of carboxylic acid groups (broad SMARTS) is 1. The Kier molecular flexibility index (Phi) is 4.60. The van der Waals surface area contributed by atoms with Crippen molar-refractivity contribution in [2.75, 3.05) is 20.2 Å². The number of carboxylic acids is 1. The van der Waals surface area contributed by atoms with Gasteiger partial charge in [-0.3, -0.25) is 19.7 Å². The Balaban J connectivity index is 2.40. The monoisotopic (exact) mass is 362 g/mol. The van der Waals surface area contributed by atoms with Crippen LogP contribution >= 0.6 is 0 Å². The van der Waals surface area contributed by atoms with E-state index in [-0.39, 0.29) is 5.75 Å². The maximum Gasteiger partial charge on any atom is 0.406 e. The fraction of sp³-hybridized carbons (Fsp3) is 0.429. The Hall–Kier alpha value is -2.85. The number of nitro benzene ring substituents is 1. The summed E-state index contributed by atoms with van der Waals surface area (Å²) in [4.78, 5) is 34.5. The molecule has 0 spiro atoms. The molecule has 1 saturated heterocycles. The molecule has 1 aromatic rings. The maximum absolute atomic E-state index is 13.2. The molecule has 1 fully saturated rings. The standard InChI is InChI=1S/C14H13F3N2O6/c1-25-8-2-3-10(19(23)24)9(6-8)11(20)18-5-4-13(7-18,12(21)22)14(15,16)17/h2-3,6H,4-5,7H2,1H3,(H,21,22). The predicted molar refractivity (Wildman–Crippen MR) is 76.3 cm³/mol. The van der Waals surface area contributed by atoms with Gasteiger partial charge >= 0.3 is 12.1 Å². The molecular formula is C14H13F3N2O6. The van der Waals surface area contributed by atoms with Gasteiger partial charge in [0.25, 0.3) is 11.6 Å². The van der Waals surface area contributed by atoms with E-state index in [4.69, 9.17) is 9.84 Å². The van der Waals surface area contributed by atoms with Crippen LogP contribution in [0, 0.1) is 15.5 Å². The Bertz CT molecular complexity index is 736. The summed E-state index contributed by atoms with van der Waals surface area (Å²) in [6.45, 7) is -1.60. The summed E-state index contributed by atoms with van der Waals surface area (Å²) in [5.74, 6) is -3.04. The molecule has 2 rings (SSSR count). The minimum absolute atomic E-state index is 0.105. The highest BCUT2D eigenvalue weighted by atomic mass is 19.4. The largest absolute Gasteiger partial charge is 0.497 e. The van der Waals surface area contributed by atoms with Gasteiger partial charge in [0.2, 0.25) is 0 Å². The van der Waals surface area contributed by atoms with Crippen LogP contribution in [0.3, 0.4) is 0 Å². The summed E-state index contributed by atoms with van der Waals surface area (Å²) in [5, 5.41) is 20.1. The van der Waals surface area contributed by atoms with E-state index in [1.807, 2.05) is 0 Å². The van der Waals surface area contributed by atoms with Crippen LogP contribution < -0.4 is 4.74 Å². The van der Waals surface area contributed by atoms with E-state index in [9.17, 15) is 32.9 Å². The molecule has 1 unspecified atom stereocenters. The Labute approximate surface area is 138 Å². The number of hydrogen-bond donors (Lipinski definition) is 1. The van der Waals surface area contributed by atoms with Crippen molar-refractivity contribution in [3.63, 3.8) is 0 Å². The molecule has 1 aromatic carbocycles. The minimum atomic E-state index is -5.06. The fourth-order valence-electron chi connectivity index (χ4n) is 2.65. The molecule has 11 heteroatoms. The van der Waals surface area contributed by atoms with Crippen molar-refractivity contribution >= 4 is 17.6 Å². The molecule has 0 aromatic heterocycles. The molecule has 0 bridgehead atoms. The molecular weight excluding hydrogens is 349 g/mol. The number of ether oxygens (including phenoxy) is 1. The molecule has 0 saturated carbocycles. The quantitative estimate of drug-likeness (QED) is 0.649. The number of nitro groups is 1. The first-order valence-corrected chi connectivity index (χ1v) is 6.95. The molecule has 8 nitrogen and oxygen atoms in total. The van der Waals surface area contributed by atoms with Gasteiger partial charge in [0.15, 0.2) is 5.41 Å². The first kappa shape index (κ1) is 18.5. The second kappa shape index (κ2) is 6.22. The number of carbonyl (C=O) groups is 2. The van der Waals surface area contributed by atoms with Gasteiger partial charge in [0.05, 0.1) is 12.0 Å². The number of benzene rings is 1. The summed E-state index contributed by atoms with van der Waals surface area (Å²) in [7, 11) is 1.25. The highest BCUT2D eigenvalue weighted by Crippen LogP contribution is 2.46. The summed E-state index contributed by atoms with van der Waals surface area (Å²) in [6.07, 6.45) is -5.89. The topological polar surface area (TPSA) is 110 Å². The number of hydrogen-bond acceptors (Lipinski definition) is 5. The molecule has 136 valence electrons. The Morgan fingerprint density at radius 1 is 1.40 bits per heavy atom. The lowest BCUT2D eigenvalue weighted by Gasteiger charge is -2.27. The van der Waals surface area contributed by atoms with Crippen molar-refractivity contribution in [3.8, 4) is 5.75 Å². The van der Waals surface area contributed by atoms with Crippen LogP contribution in [0.25, 0.3) is 0 Å². The SMILES string of the molecule is COc1ccc([N+](=O)[O-])c(C(=O)N2CCC(C(=O)O)(C(F)(F)F)C2)c1. The van der Waals surface area contributed by atoms with Crippen molar-refractivity contribution in [2.45, 2.75) is 12.6 Å². The average Bonchev–Trinajstić information content (AvgIpc) is 3.00. The van der Waals surface area contributed by atoms with E-state index >= 15 is 0 Å². The van der Waals surface area contributed by atoms with Crippen molar-refractivity contribution in [1.29, 1.82) is 0 Å². The zero-order chi connectivity index (χ0) is 19.0. The van der Waals surface area contributed by atoms with E-state index in [2.05, 4.69) is 0 Å². The second-order valence-corrected chi connectivity index (χ2v) is 5.50. The molecule has 1 aliphatic rings.